The van der Waals surface area contributed by atoms with Gasteiger partial charge in [-0.25, -0.2) is 4.39 Å². The molecular formula is C14H12ClFO. The van der Waals surface area contributed by atoms with Crippen LogP contribution in [0.15, 0.2) is 48.5 Å². The summed E-state index contributed by atoms with van der Waals surface area (Å²) in [5.41, 5.74) is -0.265. The third-order valence-corrected chi connectivity index (χ3v) is 3.11. The fourth-order valence-electron chi connectivity index (χ4n) is 1.80. The van der Waals surface area contributed by atoms with Crippen LogP contribution in [0.2, 0.25) is 5.02 Å². The molecule has 2 rings (SSSR count). The predicted molar refractivity (Wildman–Crippen MR) is 66.5 cm³/mol. The second kappa shape index (κ2) is 4.47. The molecule has 1 atom stereocenters. The molecule has 0 aliphatic heterocycles. The topological polar surface area (TPSA) is 20.2 Å². The van der Waals surface area contributed by atoms with Crippen LogP contribution in [0.3, 0.4) is 0 Å². The Hall–Kier alpha value is -1.38. The van der Waals surface area contributed by atoms with E-state index in [4.69, 9.17) is 11.6 Å². The maximum Gasteiger partial charge on any atom is 0.123 e. The van der Waals surface area contributed by atoms with Crippen molar-refractivity contribution in [3.8, 4) is 0 Å². The summed E-state index contributed by atoms with van der Waals surface area (Å²) >= 11 is 6.04. The number of halogens is 2. The van der Waals surface area contributed by atoms with Gasteiger partial charge in [0.25, 0.3) is 0 Å². The molecule has 0 saturated heterocycles. The average molecular weight is 251 g/mol. The van der Waals surface area contributed by atoms with Crippen molar-refractivity contribution >= 4 is 11.6 Å². The highest BCUT2D eigenvalue weighted by Gasteiger charge is 2.27. The number of aliphatic hydroxyl groups is 1. The van der Waals surface area contributed by atoms with E-state index in [2.05, 4.69) is 0 Å². The summed E-state index contributed by atoms with van der Waals surface area (Å²) in [6.45, 7) is 1.60. The lowest BCUT2D eigenvalue weighted by Gasteiger charge is -2.25. The van der Waals surface area contributed by atoms with E-state index in [0.717, 1.165) is 0 Å². The highest BCUT2D eigenvalue weighted by Crippen LogP contribution is 2.33. The first-order chi connectivity index (χ1) is 8.01. The smallest absolute Gasteiger partial charge is 0.123 e. The third-order valence-electron chi connectivity index (χ3n) is 2.79. The Labute approximate surface area is 104 Å². The Balaban J connectivity index is 2.53. The standard InChI is InChI=1S/C14H12ClFO/c1-14(17,10-5-4-6-11(16)9-10)12-7-2-3-8-13(12)15/h2-9,17H,1H3. The molecule has 0 fully saturated rings. The third kappa shape index (κ3) is 2.33. The van der Waals surface area contributed by atoms with Gasteiger partial charge in [-0.1, -0.05) is 41.9 Å². The molecule has 0 heterocycles. The summed E-state index contributed by atoms with van der Waals surface area (Å²) in [5, 5.41) is 11.0. The van der Waals surface area contributed by atoms with Gasteiger partial charge >= 0.3 is 0 Å². The van der Waals surface area contributed by atoms with E-state index in [1.165, 1.54) is 12.1 Å². The van der Waals surface area contributed by atoms with E-state index in [1.807, 2.05) is 0 Å². The van der Waals surface area contributed by atoms with Crippen LogP contribution in [0.5, 0.6) is 0 Å². The molecule has 17 heavy (non-hydrogen) atoms. The normalized spacial score (nSPS) is 14.4. The fourth-order valence-corrected chi connectivity index (χ4v) is 2.12. The van der Waals surface area contributed by atoms with Gasteiger partial charge in [-0.2, -0.15) is 0 Å². The first kappa shape index (κ1) is 12.1. The van der Waals surface area contributed by atoms with Crippen molar-refractivity contribution in [1.82, 2.24) is 0 Å². The first-order valence-corrected chi connectivity index (χ1v) is 5.63. The van der Waals surface area contributed by atoms with Gasteiger partial charge < -0.3 is 5.11 Å². The van der Waals surface area contributed by atoms with Crippen molar-refractivity contribution in [2.45, 2.75) is 12.5 Å². The van der Waals surface area contributed by atoms with Gasteiger partial charge in [0.15, 0.2) is 0 Å². The van der Waals surface area contributed by atoms with Crippen LogP contribution in [0.1, 0.15) is 18.1 Å². The number of benzene rings is 2. The predicted octanol–water partition coefficient (Wildman–Crippen LogP) is 3.73. The molecule has 0 saturated carbocycles. The molecule has 2 aromatic carbocycles. The summed E-state index contributed by atoms with van der Waals surface area (Å²) in [7, 11) is 0. The van der Waals surface area contributed by atoms with Gasteiger partial charge in [0.1, 0.15) is 11.4 Å². The summed E-state index contributed by atoms with van der Waals surface area (Å²) in [6, 6.07) is 12.9. The zero-order valence-electron chi connectivity index (χ0n) is 9.32. The number of hydrogen-bond donors (Lipinski definition) is 1. The molecule has 0 aromatic heterocycles. The lowest BCUT2D eigenvalue weighted by molar-refractivity contribution is 0.102. The average Bonchev–Trinajstić information content (AvgIpc) is 2.29. The molecule has 1 unspecified atom stereocenters. The van der Waals surface area contributed by atoms with Crippen molar-refractivity contribution in [3.63, 3.8) is 0 Å². The molecule has 1 nitrogen and oxygen atoms in total. The quantitative estimate of drug-likeness (QED) is 0.861. The van der Waals surface area contributed by atoms with Crippen LogP contribution in [0.25, 0.3) is 0 Å². The molecule has 0 bridgehead atoms. The van der Waals surface area contributed by atoms with E-state index in [1.54, 1.807) is 43.3 Å². The Kier molecular flexibility index (Phi) is 3.18. The minimum atomic E-state index is -1.31. The highest BCUT2D eigenvalue weighted by atomic mass is 35.5. The SMILES string of the molecule is CC(O)(c1cccc(F)c1)c1ccccc1Cl. The Morgan fingerprint density at radius 3 is 2.47 bits per heavy atom. The zero-order chi connectivity index (χ0) is 12.5. The number of hydrogen-bond acceptors (Lipinski definition) is 1. The molecule has 0 radical (unpaired) electrons. The Morgan fingerprint density at radius 1 is 1.12 bits per heavy atom. The molecule has 88 valence electrons. The van der Waals surface area contributed by atoms with Crippen LogP contribution < -0.4 is 0 Å². The lowest BCUT2D eigenvalue weighted by Crippen LogP contribution is -2.23. The molecule has 0 spiro atoms. The first-order valence-electron chi connectivity index (χ1n) is 5.25. The molecular weight excluding hydrogens is 239 g/mol. The van der Waals surface area contributed by atoms with E-state index >= 15 is 0 Å². The summed E-state index contributed by atoms with van der Waals surface area (Å²) in [6.07, 6.45) is 0. The minimum absolute atomic E-state index is 0.380. The number of rotatable bonds is 2. The molecule has 0 aliphatic carbocycles. The lowest BCUT2D eigenvalue weighted by atomic mass is 9.88. The Morgan fingerprint density at radius 2 is 1.82 bits per heavy atom. The maximum absolute atomic E-state index is 13.2. The molecule has 0 amide bonds. The minimum Gasteiger partial charge on any atom is -0.381 e. The second-order valence-corrected chi connectivity index (χ2v) is 4.47. The van der Waals surface area contributed by atoms with Gasteiger partial charge in [-0.3, -0.25) is 0 Å². The molecule has 1 N–H and O–H groups in total. The second-order valence-electron chi connectivity index (χ2n) is 4.06. The monoisotopic (exact) mass is 250 g/mol. The van der Waals surface area contributed by atoms with Gasteiger partial charge in [-0.15, -0.1) is 0 Å². The van der Waals surface area contributed by atoms with E-state index in [9.17, 15) is 9.50 Å². The van der Waals surface area contributed by atoms with Crippen LogP contribution in [0, 0.1) is 5.82 Å². The van der Waals surface area contributed by atoms with Crippen LogP contribution >= 0.6 is 11.6 Å². The van der Waals surface area contributed by atoms with Crippen molar-refractivity contribution in [2.75, 3.05) is 0 Å². The largest absolute Gasteiger partial charge is 0.381 e. The summed E-state index contributed by atoms with van der Waals surface area (Å²) in [5.74, 6) is -0.380. The molecule has 3 heteroatoms. The van der Waals surface area contributed by atoms with Gasteiger partial charge in [-0.05, 0) is 30.7 Å². The van der Waals surface area contributed by atoms with Crippen molar-refractivity contribution in [1.29, 1.82) is 0 Å². The fraction of sp³-hybridized carbons (Fsp3) is 0.143. The summed E-state index contributed by atoms with van der Waals surface area (Å²) < 4.78 is 13.2. The molecule has 2 aromatic rings. The van der Waals surface area contributed by atoms with Crippen molar-refractivity contribution < 1.29 is 9.50 Å². The highest BCUT2D eigenvalue weighted by molar-refractivity contribution is 6.31. The van der Waals surface area contributed by atoms with Gasteiger partial charge in [0, 0.05) is 10.6 Å². The van der Waals surface area contributed by atoms with E-state index in [0.29, 0.717) is 16.1 Å². The van der Waals surface area contributed by atoms with Crippen LogP contribution in [-0.2, 0) is 5.60 Å². The zero-order valence-corrected chi connectivity index (χ0v) is 10.1. The van der Waals surface area contributed by atoms with Gasteiger partial charge in [0.05, 0.1) is 0 Å². The summed E-state index contributed by atoms with van der Waals surface area (Å²) in [4.78, 5) is 0. The van der Waals surface area contributed by atoms with E-state index < -0.39 is 5.60 Å². The van der Waals surface area contributed by atoms with Crippen molar-refractivity contribution in [3.05, 3.63) is 70.5 Å². The maximum atomic E-state index is 13.2. The molecule has 0 aliphatic rings. The van der Waals surface area contributed by atoms with Crippen LogP contribution in [0.4, 0.5) is 4.39 Å². The van der Waals surface area contributed by atoms with Gasteiger partial charge in [0.2, 0.25) is 0 Å². The van der Waals surface area contributed by atoms with E-state index in [-0.39, 0.29) is 5.82 Å². The van der Waals surface area contributed by atoms with Crippen molar-refractivity contribution in [2.24, 2.45) is 0 Å². The Bertz CT molecular complexity index is 537. The van der Waals surface area contributed by atoms with Crippen LogP contribution in [-0.4, -0.2) is 5.11 Å².